The molecule has 20 heavy (non-hydrogen) atoms. The molecule has 2 aromatic heterocycles. The minimum atomic E-state index is 0.415. The van der Waals surface area contributed by atoms with Crippen molar-refractivity contribution in [3.63, 3.8) is 0 Å². The van der Waals surface area contributed by atoms with E-state index in [4.69, 9.17) is 22.1 Å². The van der Waals surface area contributed by atoms with Gasteiger partial charge in [-0.3, -0.25) is 0 Å². The standard InChI is InChI=1S/C14H16ClN3OS/c1-9(2)8-19-13-11(16)5-6-12(18-13)20-14-10(15)4-3-7-17-14/h3-7,9H,8,16H2,1-2H3. The molecule has 2 N–H and O–H groups in total. The van der Waals surface area contributed by atoms with Gasteiger partial charge in [-0.1, -0.05) is 25.4 Å². The number of nitrogens with zero attached hydrogens (tertiary/aromatic N) is 2. The summed E-state index contributed by atoms with van der Waals surface area (Å²) in [4.78, 5) is 8.62. The summed E-state index contributed by atoms with van der Waals surface area (Å²) in [5.41, 5.74) is 6.39. The lowest BCUT2D eigenvalue weighted by molar-refractivity contribution is 0.261. The quantitative estimate of drug-likeness (QED) is 0.907. The summed E-state index contributed by atoms with van der Waals surface area (Å²) in [5.74, 6) is 0.869. The molecule has 0 aliphatic heterocycles. The molecule has 0 saturated heterocycles. The molecule has 0 unspecified atom stereocenters. The molecular weight excluding hydrogens is 294 g/mol. The third-order valence-corrected chi connectivity index (χ3v) is 3.72. The summed E-state index contributed by atoms with van der Waals surface area (Å²) >= 11 is 7.46. The molecule has 0 spiro atoms. The van der Waals surface area contributed by atoms with Crippen molar-refractivity contribution in [1.82, 2.24) is 9.97 Å². The van der Waals surface area contributed by atoms with Crippen molar-refractivity contribution in [2.75, 3.05) is 12.3 Å². The minimum absolute atomic E-state index is 0.415. The number of hydrogen-bond donors (Lipinski definition) is 1. The number of rotatable bonds is 5. The summed E-state index contributed by atoms with van der Waals surface area (Å²) in [6.07, 6.45) is 1.70. The number of halogens is 1. The van der Waals surface area contributed by atoms with Crippen LogP contribution in [0.15, 0.2) is 40.5 Å². The van der Waals surface area contributed by atoms with E-state index in [2.05, 4.69) is 23.8 Å². The van der Waals surface area contributed by atoms with Gasteiger partial charge >= 0.3 is 0 Å². The molecule has 2 aromatic rings. The second kappa shape index (κ2) is 6.81. The van der Waals surface area contributed by atoms with Crippen molar-refractivity contribution in [3.8, 4) is 5.88 Å². The molecule has 0 radical (unpaired) electrons. The van der Waals surface area contributed by atoms with E-state index in [1.165, 1.54) is 11.8 Å². The number of nitrogens with two attached hydrogens (primary N) is 1. The molecule has 0 aromatic carbocycles. The Hall–Kier alpha value is -1.46. The van der Waals surface area contributed by atoms with Gasteiger partial charge in [-0.2, -0.15) is 0 Å². The number of aromatic nitrogens is 2. The van der Waals surface area contributed by atoms with Crippen LogP contribution in [0.3, 0.4) is 0 Å². The van der Waals surface area contributed by atoms with Crippen LogP contribution in [0.5, 0.6) is 5.88 Å². The van der Waals surface area contributed by atoms with Gasteiger partial charge in [0.25, 0.3) is 0 Å². The first-order valence-corrected chi connectivity index (χ1v) is 7.43. The maximum Gasteiger partial charge on any atom is 0.238 e. The number of nitrogen functional groups attached to an aromatic ring is 1. The number of pyridine rings is 2. The normalized spacial score (nSPS) is 10.8. The zero-order valence-corrected chi connectivity index (χ0v) is 12.9. The highest BCUT2D eigenvalue weighted by Crippen LogP contribution is 2.32. The zero-order valence-electron chi connectivity index (χ0n) is 11.3. The fourth-order valence-corrected chi connectivity index (χ4v) is 2.38. The summed E-state index contributed by atoms with van der Waals surface area (Å²) in [6, 6.07) is 7.19. The molecule has 0 atom stereocenters. The van der Waals surface area contributed by atoms with Gasteiger partial charge in [0.05, 0.1) is 17.3 Å². The lowest BCUT2D eigenvalue weighted by Crippen LogP contribution is -2.07. The van der Waals surface area contributed by atoms with E-state index in [1.54, 1.807) is 24.4 Å². The fraction of sp³-hybridized carbons (Fsp3) is 0.286. The van der Waals surface area contributed by atoms with E-state index >= 15 is 0 Å². The van der Waals surface area contributed by atoms with Gasteiger partial charge in [0, 0.05) is 6.20 Å². The first kappa shape index (κ1) is 14.9. The number of anilines is 1. The van der Waals surface area contributed by atoms with Crippen LogP contribution in [0.1, 0.15) is 13.8 Å². The van der Waals surface area contributed by atoms with Gasteiger partial charge in [0.2, 0.25) is 5.88 Å². The van der Waals surface area contributed by atoms with Crippen molar-refractivity contribution in [2.24, 2.45) is 5.92 Å². The van der Waals surface area contributed by atoms with E-state index < -0.39 is 0 Å². The maximum absolute atomic E-state index is 6.08. The Morgan fingerprint density at radius 2 is 2.15 bits per heavy atom. The first-order chi connectivity index (χ1) is 9.56. The van der Waals surface area contributed by atoms with Crippen molar-refractivity contribution >= 4 is 29.1 Å². The van der Waals surface area contributed by atoms with Gasteiger partial charge in [-0.05, 0) is 41.9 Å². The molecular formula is C14H16ClN3OS. The average Bonchev–Trinajstić information content (AvgIpc) is 2.42. The molecule has 0 aliphatic rings. The van der Waals surface area contributed by atoms with Crippen LogP contribution in [-0.2, 0) is 0 Å². The van der Waals surface area contributed by atoms with E-state index in [1.807, 2.05) is 6.07 Å². The Balaban J connectivity index is 2.17. The fourth-order valence-electron chi connectivity index (χ4n) is 1.40. The van der Waals surface area contributed by atoms with Crippen LogP contribution >= 0.6 is 23.4 Å². The predicted octanol–water partition coefficient (Wildman–Crippen LogP) is 3.90. The minimum Gasteiger partial charge on any atom is -0.476 e. The Morgan fingerprint density at radius 1 is 1.35 bits per heavy atom. The molecule has 4 nitrogen and oxygen atoms in total. The van der Waals surface area contributed by atoms with Crippen LogP contribution < -0.4 is 10.5 Å². The highest BCUT2D eigenvalue weighted by atomic mass is 35.5. The summed E-state index contributed by atoms with van der Waals surface area (Å²) in [7, 11) is 0. The second-order valence-electron chi connectivity index (χ2n) is 4.64. The van der Waals surface area contributed by atoms with E-state index in [-0.39, 0.29) is 0 Å². The van der Waals surface area contributed by atoms with Crippen LogP contribution in [0.2, 0.25) is 5.02 Å². The van der Waals surface area contributed by atoms with Gasteiger partial charge in [-0.25, -0.2) is 9.97 Å². The Bertz CT molecular complexity index is 592. The van der Waals surface area contributed by atoms with Crippen LogP contribution in [0.25, 0.3) is 0 Å². The van der Waals surface area contributed by atoms with Crippen LogP contribution in [0.4, 0.5) is 5.69 Å². The van der Waals surface area contributed by atoms with Gasteiger partial charge in [-0.15, -0.1) is 0 Å². The molecule has 0 amide bonds. The monoisotopic (exact) mass is 309 g/mol. The molecule has 0 fully saturated rings. The number of ether oxygens (including phenoxy) is 1. The van der Waals surface area contributed by atoms with Crippen LogP contribution in [-0.4, -0.2) is 16.6 Å². The highest BCUT2D eigenvalue weighted by Gasteiger charge is 2.09. The predicted molar refractivity (Wildman–Crippen MR) is 82.4 cm³/mol. The largest absolute Gasteiger partial charge is 0.476 e. The number of hydrogen-bond acceptors (Lipinski definition) is 5. The summed E-state index contributed by atoms with van der Waals surface area (Å²) < 4.78 is 5.60. The van der Waals surface area contributed by atoms with Crippen molar-refractivity contribution in [3.05, 3.63) is 35.5 Å². The highest BCUT2D eigenvalue weighted by molar-refractivity contribution is 7.99. The average molecular weight is 310 g/mol. The molecule has 0 saturated carbocycles. The first-order valence-electron chi connectivity index (χ1n) is 6.24. The third kappa shape index (κ3) is 4.02. The van der Waals surface area contributed by atoms with E-state index in [0.717, 1.165) is 5.03 Å². The lowest BCUT2D eigenvalue weighted by atomic mass is 10.2. The maximum atomic E-state index is 6.08. The van der Waals surface area contributed by atoms with Gasteiger partial charge in [0.15, 0.2) is 0 Å². The van der Waals surface area contributed by atoms with E-state index in [0.29, 0.717) is 34.1 Å². The van der Waals surface area contributed by atoms with Crippen molar-refractivity contribution in [2.45, 2.75) is 23.9 Å². The van der Waals surface area contributed by atoms with Crippen LogP contribution in [0, 0.1) is 5.92 Å². The van der Waals surface area contributed by atoms with Gasteiger partial charge in [0.1, 0.15) is 10.1 Å². The summed E-state index contributed by atoms with van der Waals surface area (Å²) in [5, 5.41) is 2.06. The molecule has 6 heteroatoms. The lowest BCUT2D eigenvalue weighted by Gasteiger charge is -2.11. The zero-order chi connectivity index (χ0) is 14.5. The smallest absolute Gasteiger partial charge is 0.238 e. The third-order valence-electron chi connectivity index (χ3n) is 2.34. The molecule has 0 aliphatic carbocycles. The van der Waals surface area contributed by atoms with Gasteiger partial charge < -0.3 is 10.5 Å². The second-order valence-corrected chi connectivity index (χ2v) is 6.06. The molecule has 106 valence electrons. The van der Waals surface area contributed by atoms with E-state index in [9.17, 15) is 0 Å². The van der Waals surface area contributed by atoms with Crippen molar-refractivity contribution in [1.29, 1.82) is 0 Å². The Morgan fingerprint density at radius 3 is 2.85 bits per heavy atom. The van der Waals surface area contributed by atoms with Crippen molar-refractivity contribution < 1.29 is 4.74 Å². The summed E-state index contributed by atoms with van der Waals surface area (Å²) in [6.45, 7) is 4.72. The molecule has 2 rings (SSSR count). The Labute approximate surface area is 127 Å². The molecule has 2 heterocycles. The topological polar surface area (TPSA) is 61.0 Å². The molecule has 0 bridgehead atoms. The Kier molecular flexibility index (Phi) is 5.09. The SMILES string of the molecule is CC(C)COc1nc(Sc2ncccc2Cl)ccc1N.